The Morgan fingerprint density at radius 3 is 2.81 bits per heavy atom. The van der Waals surface area contributed by atoms with Crippen LogP contribution in [0.3, 0.4) is 0 Å². The van der Waals surface area contributed by atoms with Gasteiger partial charge in [-0.1, -0.05) is 28.1 Å². The Balaban J connectivity index is 2.01. The molecule has 0 radical (unpaired) electrons. The van der Waals surface area contributed by atoms with Crippen LogP contribution < -0.4 is 5.32 Å². The Bertz CT molecular complexity index is 477. The number of amides is 1. The molecular weight excluding hydrogens is 334 g/mol. The van der Waals surface area contributed by atoms with Gasteiger partial charge in [0.1, 0.15) is 0 Å². The number of halogens is 1. The van der Waals surface area contributed by atoms with Crippen molar-refractivity contribution >= 4 is 21.8 Å². The van der Waals surface area contributed by atoms with Crippen LogP contribution in [0.25, 0.3) is 0 Å². The van der Waals surface area contributed by atoms with Crippen molar-refractivity contribution in [3.05, 3.63) is 34.3 Å². The van der Waals surface area contributed by atoms with Crippen LogP contribution in [0.1, 0.15) is 31.7 Å². The summed E-state index contributed by atoms with van der Waals surface area (Å²) in [7, 11) is 1.64. The molecule has 1 aromatic rings. The number of carbonyl (C=O) groups is 1. The van der Waals surface area contributed by atoms with Crippen LogP contribution in [-0.2, 0) is 20.8 Å². The number of nitrogens with one attached hydrogen (secondary N) is 1. The lowest BCUT2D eigenvalue weighted by Gasteiger charge is -2.33. The van der Waals surface area contributed by atoms with E-state index in [-0.39, 0.29) is 12.0 Å². The summed E-state index contributed by atoms with van der Waals surface area (Å²) in [4.78, 5) is 12.6. The van der Waals surface area contributed by atoms with Gasteiger partial charge in [0, 0.05) is 24.7 Å². The maximum absolute atomic E-state index is 12.6. The Hall–Kier alpha value is -0.910. The van der Waals surface area contributed by atoms with Crippen LogP contribution in [-0.4, -0.2) is 31.3 Å². The van der Waals surface area contributed by atoms with Crippen molar-refractivity contribution in [3.8, 4) is 0 Å². The van der Waals surface area contributed by atoms with E-state index in [0.29, 0.717) is 13.2 Å². The molecule has 0 aliphatic carbocycles. The molecule has 1 N–H and O–H groups in total. The average Bonchev–Trinajstić information content (AvgIpc) is 2.68. The van der Waals surface area contributed by atoms with E-state index in [0.717, 1.165) is 29.3 Å². The second-order valence-corrected chi connectivity index (χ2v) is 6.40. The monoisotopic (exact) mass is 355 g/mol. The van der Waals surface area contributed by atoms with Crippen molar-refractivity contribution in [2.45, 2.75) is 44.4 Å². The van der Waals surface area contributed by atoms with Crippen LogP contribution in [0.2, 0.25) is 0 Å². The Kier molecular flexibility index (Phi) is 5.79. The fraction of sp³-hybridized carbons (Fsp3) is 0.562. The maximum Gasteiger partial charge on any atom is 0.254 e. The van der Waals surface area contributed by atoms with Gasteiger partial charge in [0.2, 0.25) is 0 Å². The highest BCUT2D eigenvalue weighted by Gasteiger charge is 2.43. The molecule has 0 aromatic heterocycles. The van der Waals surface area contributed by atoms with E-state index < -0.39 is 5.60 Å². The molecule has 5 heteroatoms. The smallest absolute Gasteiger partial charge is 0.254 e. The average molecular weight is 356 g/mol. The largest absolute Gasteiger partial charge is 0.378 e. The van der Waals surface area contributed by atoms with Crippen molar-refractivity contribution in [3.63, 3.8) is 0 Å². The van der Waals surface area contributed by atoms with E-state index in [2.05, 4.69) is 21.2 Å². The summed E-state index contributed by atoms with van der Waals surface area (Å²) in [6.07, 6.45) is 2.63. The summed E-state index contributed by atoms with van der Waals surface area (Å²) in [5.74, 6) is -0.112. The van der Waals surface area contributed by atoms with E-state index >= 15 is 0 Å². The van der Waals surface area contributed by atoms with Gasteiger partial charge in [-0.2, -0.15) is 0 Å². The van der Waals surface area contributed by atoms with Crippen LogP contribution >= 0.6 is 15.9 Å². The zero-order valence-electron chi connectivity index (χ0n) is 12.5. The van der Waals surface area contributed by atoms with Crippen molar-refractivity contribution < 1.29 is 14.3 Å². The number of carbonyl (C=O) groups excluding carboxylic acids is 1. The maximum atomic E-state index is 12.6. The fourth-order valence-electron chi connectivity index (χ4n) is 2.60. The molecule has 21 heavy (non-hydrogen) atoms. The Morgan fingerprint density at radius 1 is 1.43 bits per heavy atom. The van der Waals surface area contributed by atoms with Crippen LogP contribution in [0.4, 0.5) is 0 Å². The normalized spacial score (nSPS) is 26.1. The van der Waals surface area contributed by atoms with E-state index in [1.54, 1.807) is 7.11 Å². The predicted molar refractivity (Wildman–Crippen MR) is 85.0 cm³/mol. The van der Waals surface area contributed by atoms with Gasteiger partial charge >= 0.3 is 0 Å². The molecule has 1 saturated heterocycles. The second-order valence-electron chi connectivity index (χ2n) is 5.48. The standard InChI is InChI=1S/C16H22BrNO3/c1-16(14(20-2)5-3-4-10-21-16)15(19)18-11-12-6-8-13(17)9-7-12/h6-9,14H,3-5,10-11H2,1-2H3,(H,18,19)/t14-,16+/m0/s1. The molecule has 1 aliphatic rings. The van der Waals surface area contributed by atoms with E-state index in [1.807, 2.05) is 31.2 Å². The lowest BCUT2D eigenvalue weighted by Crippen LogP contribution is -2.54. The van der Waals surface area contributed by atoms with Gasteiger partial charge in [0.25, 0.3) is 5.91 Å². The minimum atomic E-state index is -0.916. The summed E-state index contributed by atoms with van der Waals surface area (Å²) in [5.41, 5.74) is 0.137. The Morgan fingerprint density at radius 2 is 2.14 bits per heavy atom. The van der Waals surface area contributed by atoms with Crippen LogP contribution in [0.15, 0.2) is 28.7 Å². The van der Waals surface area contributed by atoms with Crippen molar-refractivity contribution in [1.82, 2.24) is 5.32 Å². The van der Waals surface area contributed by atoms with Gasteiger partial charge in [-0.25, -0.2) is 0 Å². The molecule has 1 aliphatic heterocycles. The van der Waals surface area contributed by atoms with Gasteiger partial charge in [-0.3, -0.25) is 4.79 Å². The lowest BCUT2D eigenvalue weighted by molar-refractivity contribution is -0.162. The highest BCUT2D eigenvalue weighted by molar-refractivity contribution is 9.10. The third kappa shape index (κ3) is 4.05. The number of hydrogen-bond acceptors (Lipinski definition) is 3. The molecule has 0 bridgehead atoms. The quantitative estimate of drug-likeness (QED) is 0.902. The Labute approximate surface area is 134 Å². The second kappa shape index (κ2) is 7.38. The predicted octanol–water partition coefficient (Wildman–Crippen LogP) is 3.04. The zero-order valence-corrected chi connectivity index (χ0v) is 14.1. The molecule has 2 atom stereocenters. The third-order valence-corrected chi connectivity index (χ3v) is 4.51. The lowest BCUT2D eigenvalue weighted by atomic mass is 9.94. The van der Waals surface area contributed by atoms with E-state index in [4.69, 9.17) is 9.47 Å². The van der Waals surface area contributed by atoms with Crippen LogP contribution in [0.5, 0.6) is 0 Å². The molecule has 1 aromatic carbocycles. The topological polar surface area (TPSA) is 47.6 Å². The first kappa shape index (κ1) is 16.5. The van der Waals surface area contributed by atoms with Gasteiger partial charge < -0.3 is 14.8 Å². The molecule has 4 nitrogen and oxygen atoms in total. The molecule has 0 unspecified atom stereocenters. The third-order valence-electron chi connectivity index (χ3n) is 3.98. The number of methoxy groups -OCH3 is 1. The van der Waals surface area contributed by atoms with Gasteiger partial charge in [-0.05, 0) is 43.9 Å². The van der Waals surface area contributed by atoms with Crippen molar-refractivity contribution in [2.24, 2.45) is 0 Å². The van der Waals surface area contributed by atoms with Crippen molar-refractivity contribution in [2.75, 3.05) is 13.7 Å². The summed E-state index contributed by atoms with van der Waals surface area (Å²) in [6.45, 7) is 2.91. The number of rotatable bonds is 4. The SMILES string of the molecule is CO[C@H]1CCCCO[C@@]1(C)C(=O)NCc1ccc(Br)cc1. The zero-order chi connectivity index (χ0) is 15.3. The summed E-state index contributed by atoms with van der Waals surface area (Å²) < 4.78 is 12.3. The summed E-state index contributed by atoms with van der Waals surface area (Å²) in [5, 5.41) is 2.96. The number of hydrogen-bond donors (Lipinski definition) is 1. The molecule has 1 fully saturated rings. The molecular formula is C16H22BrNO3. The number of ether oxygens (including phenoxy) is 2. The first-order valence-corrected chi connectivity index (χ1v) is 8.05. The summed E-state index contributed by atoms with van der Waals surface area (Å²) in [6, 6.07) is 7.88. The molecule has 0 saturated carbocycles. The van der Waals surface area contributed by atoms with Crippen LogP contribution in [0, 0.1) is 0 Å². The van der Waals surface area contributed by atoms with Gasteiger partial charge in [0.05, 0.1) is 6.10 Å². The molecule has 0 spiro atoms. The molecule has 1 heterocycles. The van der Waals surface area contributed by atoms with Gasteiger partial charge in [-0.15, -0.1) is 0 Å². The molecule has 2 rings (SSSR count). The van der Waals surface area contributed by atoms with Crippen molar-refractivity contribution in [1.29, 1.82) is 0 Å². The number of benzene rings is 1. The first-order valence-electron chi connectivity index (χ1n) is 7.26. The first-order chi connectivity index (χ1) is 10.1. The highest BCUT2D eigenvalue weighted by atomic mass is 79.9. The molecule has 116 valence electrons. The minimum Gasteiger partial charge on any atom is -0.378 e. The van der Waals surface area contributed by atoms with E-state index in [1.165, 1.54) is 0 Å². The highest BCUT2D eigenvalue weighted by Crippen LogP contribution is 2.27. The van der Waals surface area contributed by atoms with Gasteiger partial charge in [0.15, 0.2) is 5.60 Å². The summed E-state index contributed by atoms with van der Waals surface area (Å²) >= 11 is 3.40. The molecule has 1 amide bonds. The fourth-order valence-corrected chi connectivity index (χ4v) is 2.86. The minimum absolute atomic E-state index is 0.112. The van der Waals surface area contributed by atoms with E-state index in [9.17, 15) is 4.79 Å².